The Bertz CT molecular complexity index is 1440. The van der Waals surface area contributed by atoms with Crippen molar-refractivity contribution in [3.63, 3.8) is 0 Å². The fourth-order valence-electron chi connectivity index (χ4n) is 3.77. The average Bonchev–Trinajstić information content (AvgIpc) is 3.38. The summed E-state index contributed by atoms with van der Waals surface area (Å²) in [6.07, 6.45) is 0. The molecule has 160 valence electrons. The van der Waals surface area contributed by atoms with Crippen molar-refractivity contribution >= 4 is 39.0 Å². The number of rotatable bonds is 4. The monoisotopic (exact) mass is 448 g/mol. The fourth-order valence-corrected chi connectivity index (χ4v) is 4.64. The van der Waals surface area contributed by atoms with Gasteiger partial charge in [0.05, 0.1) is 21.9 Å². The maximum absolute atomic E-state index is 13.5. The molecule has 1 atom stereocenters. The number of non-ortho nitro benzene ring substituents is 1. The lowest BCUT2D eigenvalue weighted by atomic mass is 9.98. The maximum atomic E-state index is 13.5. The molecule has 4 aromatic rings. The number of para-hydroxylation sites is 1. The van der Waals surface area contributed by atoms with E-state index < -0.39 is 16.9 Å². The summed E-state index contributed by atoms with van der Waals surface area (Å²) >= 11 is 1.26. The largest absolute Gasteiger partial charge is 0.450 e. The van der Waals surface area contributed by atoms with Crippen LogP contribution in [0.2, 0.25) is 0 Å². The van der Waals surface area contributed by atoms with Crippen molar-refractivity contribution in [1.82, 2.24) is 10.2 Å². The van der Waals surface area contributed by atoms with E-state index in [1.165, 1.54) is 40.5 Å². The van der Waals surface area contributed by atoms with E-state index in [1.807, 2.05) is 13.8 Å². The first-order valence-corrected chi connectivity index (χ1v) is 10.7. The van der Waals surface area contributed by atoms with Crippen LogP contribution < -0.4 is 10.3 Å². The predicted molar refractivity (Wildman–Crippen MR) is 118 cm³/mol. The van der Waals surface area contributed by atoms with E-state index >= 15 is 0 Å². The van der Waals surface area contributed by atoms with Crippen LogP contribution >= 0.6 is 11.3 Å². The number of carbonyl (C=O) groups excluding carboxylic acids is 1. The highest BCUT2D eigenvalue weighted by Crippen LogP contribution is 2.42. The number of aromatic nitrogens is 2. The summed E-state index contributed by atoms with van der Waals surface area (Å²) in [7, 11) is 0. The van der Waals surface area contributed by atoms with Gasteiger partial charge in [-0.2, -0.15) is 0 Å². The molecule has 0 bridgehead atoms. The number of carbonyl (C=O) groups is 1. The molecule has 0 saturated carbocycles. The van der Waals surface area contributed by atoms with Gasteiger partial charge in [-0.1, -0.05) is 37.3 Å². The smallest absolute Gasteiger partial charge is 0.297 e. The summed E-state index contributed by atoms with van der Waals surface area (Å²) in [5.41, 5.74) is 0.618. The summed E-state index contributed by atoms with van der Waals surface area (Å²) in [5.74, 6) is -0.447. The molecule has 0 spiro atoms. The molecule has 9 nitrogen and oxygen atoms in total. The van der Waals surface area contributed by atoms with E-state index in [-0.39, 0.29) is 28.4 Å². The molecule has 1 aliphatic heterocycles. The quantitative estimate of drug-likeness (QED) is 0.335. The number of amides is 1. The number of benzene rings is 2. The molecular formula is C22H16N4O5S. The molecule has 0 N–H and O–H groups in total. The molecule has 0 saturated heterocycles. The van der Waals surface area contributed by atoms with Gasteiger partial charge in [0, 0.05) is 18.1 Å². The first-order valence-electron chi connectivity index (χ1n) is 9.84. The van der Waals surface area contributed by atoms with Crippen molar-refractivity contribution in [2.75, 3.05) is 4.90 Å². The molecular weight excluding hydrogens is 432 g/mol. The van der Waals surface area contributed by atoms with Crippen LogP contribution in [-0.2, 0) is 0 Å². The Hall–Kier alpha value is -3.92. The molecule has 10 heteroatoms. The van der Waals surface area contributed by atoms with Gasteiger partial charge in [-0.05, 0) is 29.8 Å². The molecule has 2 aromatic heterocycles. The van der Waals surface area contributed by atoms with Crippen molar-refractivity contribution < 1.29 is 14.1 Å². The third kappa shape index (κ3) is 2.99. The highest BCUT2D eigenvalue weighted by Gasteiger charge is 2.45. The Morgan fingerprint density at radius 3 is 2.47 bits per heavy atom. The van der Waals surface area contributed by atoms with Crippen LogP contribution in [0.25, 0.3) is 11.0 Å². The molecule has 3 heterocycles. The van der Waals surface area contributed by atoms with Crippen LogP contribution in [-0.4, -0.2) is 21.0 Å². The van der Waals surface area contributed by atoms with Gasteiger partial charge in [-0.15, -0.1) is 10.2 Å². The zero-order chi connectivity index (χ0) is 22.6. The Morgan fingerprint density at radius 2 is 1.81 bits per heavy atom. The van der Waals surface area contributed by atoms with Crippen molar-refractivity contribution in [2.24, 2.45) is 0 Å². The Morgan fingerprint density at radius 1 is 1.09 bits per heavy atom. The Balaban J connectivity index is 1.76. The highest BCUT2D eigenvalue weighted by atomic mass is 32.1. The summed E-state index contributed by atoms with van der Waals surface area (Å²) in [6.45, 7) is 3.94. The van der Waals surface area contributed by atoms with Gasteiger partial charge in [-0.3, -0.25) is 24.6 Å². The second-order valence-electron chi connectivity index (χ2n) is 7.67. The minimum atomic E-state index is -0.841. The van der Waals surface area contributed by atoms with E-state index in [2.05, 4.69) is 10.2 Å². The van der Waals surface area contributed by atoms with Crippen LogP contribution in [0.4, 0.5) is 10.8 Å². The number of hydrogen-bond acceptors (Lipinski definition) is 8. The normalized spacial score (nSPS) is 15.5. The molecule has 1 amide bonds. The zero-order valence-electron chi connectivity index (χ0n) is 17.0. The van der Waals surface area contributed by atoms with Crippen molar-refractivity contribution in [3.05, 3.63) is 90.8 Å². The second kappa shape index (κ2) is 7.34. The number of hydrogen-bond donors (Lipinski definition) is 0. The van der Waals surface area contributed by atoms with Gasteiger partial charge in [0.2, 0.25) is 10.9 Å². The van der Waals surface area contributed by atoms with Crippen LogP contribution in [0.3, 0.4) is 0 Å². The first kappa shape index (κ1) is 20.0. The molecule has 1 aliphatic rings. The number of nitrogens with zero attached hydrogens (tertiary/aromatic N) is 4. The topological polar surface area (TPSA) is 119 Å². The fraction of sp³-hybridized carbons (Fsp3) is 0.182. The first-order chi connectivity index (χ1) is 15.4. The molecule has 5 rings (SSSR count). The van der Waals surface area contributed by atoms with E-state index in [9.17, 15) is 19.7 Å². The third-order valence-electron chi connectivity index (χ3n) is 5.33. The van der Waals surface area contributed by atoms with E-state index in [0.29, 0.717) is 21.7 Å². The lowest BCUT2D eigenvalue weighted by Crippen LogP contribution is -2.29. The summed E-state index contributed by atoms with van der Waals surface area (Å²) in [5, 5.41) is 20.9. The van der Waals surface area contributed by atoms with Crippen molar-refractivity contribution in [3.8, 4) is 0 Å². The lowest BCUT2D eigenvalue weighted by Gasteiger charge is -2.22. The highest BCUT2D eigenvalue weighted by molar-refractivity contribution is 7.15. The van der Waals surface area contributed by atoms with Crippen LogP contribution in [0.15, 0.2) is 57.7 Å². The molecule has 32 heavy (non-hydrogen) atoms. The number of nitro groups is 1. The standard InChI is InChI=1S/C22H16N4O5S/c1-11(2)20-23-24-22(32-20)25-17(12-7-9-13(10-8-12)26(29)30)16-18(27)14-5-3-4-6-15(14)31-19(16)21(25)28/h3-11,17H,1-2H3. The maximum Gasteiger partial charge on any atom is 0.297 e. The van der Waals surface area contributed by atoms with Crippen LogP contribution in [0.5, 0.6) is 0 Å². The van der Waals surface area contributed by atoms with E-state index in [1.54, 1.807) is 24.3 Å². The van der Waals surface area contributed by atoms with E-state index in [4.69, 9.17) is 4.42 Å². The van der Waals surface area contributed by atoms with Gasteiger partial charge in [0.25, 0.3) is 11.6 Å². The summed E-state index contributed by atoms with van der Waals surface area (Å²) < 4.78 is 5.87. The van der Waals surface area contributed by atoms with Gasteiger partial charge in [0.1, 0.15) is 10.6 Å². The van der Waals surface area contributed by atoms with Crippen molar-refractivity contribution in [1.29, 1.82) is 0 Å². The van der Waals surface area contributed by atoms with Gasteiger partial charge >= 0.3 is 0 Å². The van der Waals surface area contributed by atoms with Crippen LogP contribution in [0.1, 0.15) is 52.5 Å². The average molecular weight is 448 g/mol. The molecule has 2 aromatic carbocycles. The second-order valence-corrected chi connectivity index (χ2v) is 8.66. The summed E-state index contributed by atoms with van der Waals surface area (Å²) in [6, 6.07) is 11.7. The molecule has 0 radical (unpaired) electrons. The predicted octanol–water partition coefficient (Wildman–Crippen LogP) is 4.43. The molecule has 0 aliphatic carbocycles. The minimum absolute atomic E-state index is 0.0571. The minimum Gasteiger partial charge on any atom is -0.450 e. The Labute approximate surface area is 185 Å². The zero-order valence-corrected chi connectivity index (χ0v) is 17.8. The van der Waals surface area contributed by atoms with Crippen molar-refractivity contribution in [2.45, 2.75) is 25.8 Å². The summed E-state index contributed by atoms with van der Waals surface area (Å²) in [4.78, 5) is 38.9. The number of anilines is 1. The number of fused-ring (bicyclic) bond motifs is 2. The van der Waals surface area contributed by atoms with Gasteiger partial charge in [0.15, 0.2) is 5.43 Å². The Kier molecular flexibility index (Phi) is 4.59. The lowest BCUT2D eigenvalue weighted by molar-refractivity contribution is -0.384. The molecule has 1 unspecified atom stereocenters. The number of nitro benzene ring substituents is 1. The van der Waals surface area contributed by atoms with E-state index in [0.717, 1.165) is 5.01 Å². The van der Waals surface area contributed by atoms with Crippen LogP contribution in [0, 0.1) is 10.1 Å². The van der Waals surface area contributed by atoms with Gasteiger partial charge in [-0.25, -0.2) is 0 Å². The third-order valence-corrected chi connectivity index (χ3v) is 6.55. The molecule has 0 fully saturated rings. The SMILES string of the molecule is CC(C)c1nnc(N2C(=O)c3oc4ccccc4c(=O)c3C2c2ccc([N+](=O)[O-])cc2)s1. The van der Waals surface area contributed by atoms with Gasteiger partial charge < -0.3 is 4.42 Å².